The summed E-state index contributed by atoms with van der Waals surface area (Å²) in [5.74, 6) is -1.77. The lowest BCUT2D eigenvalue weighted by Gasteiger charge is -2.34. The predicted octanol–water partition coefficient (Wildman–Crippen LogP) is -0.398. The van der Waals surface area contributed by atoms with E-state index in [9.17, 15) is 14.4 Å². The van der Waals surface area contributed by atoms with Crippen molar-refractivity contribution in [1.29, 1.82) is 0 Å². The largest absolute Gasteiger partial charge is 0.329 e. The molecule has 1 aliphatic rings. The summed E-state index contributed by atoms with van der Waals surface area (Å²) in [4.78, 5) is 36.9. The van der Waals surface area contributed by atoms with Crippen molar-refractivity contribution in [3.8, 4) is 0 Å². The van der Waals surface area contributed by atoms with Gasteiger partial charge < -0.3 is 10.6 Å². The molecular formula is C14H17N3O3. The second-order valence-corrected chi connectivity index (χ2v) is 4.75. The first-order chi connectivity index (χ1) is 9.54. The van der Waals surface area contributed by atoms with Crippen LogP contribution in [0.1, 0.15) is 18.4 Å². The number of hydrogen-bond donors (Lipinski definition) is 2. The minimum atomic E-state index is -0.669. The highest BCUT2D eigenvalue weighted by Crippen LogP contribution is 2.19. The SMILES string of the molecule is CC1C(=O)NC(=O)CN1C(=O)C(CN)c1ccccc1. The number of benzene rings is 1. The zero-order valence-electron chi connectivity index (χ0n) is 11.2. The van der Waals surface area contributed by atoms with Crippen LogP contribution in [0.2, 0.25) is 0 Å². The lowest BCUT2D eigenvalue weighted by atomic mass is 9.96. The van der Waals surface area contributed by atoms with Crippen LogP contribution in [0.4, 0.5) is 0 Å². The third-order valence-corrected chi connectivity index (χ3v) is 3.44. The van der Waals surface area contributed by atoms with E-state index < -0.39 is 23.8 Å². The van der Waals surface area contributed by atoms with Gasteiger partial charge >= 0.3 is 0 Å². The molecule has 6 heteroatoms. The monoisotopic (exact) mass is 275 g/mol. The van der Waals surface area contributed by atoms with Gasteiger partial charge in [0.05, 0.1) is 5.92 Å². The van der Waals surface area contributed by atoms with Crippen LogP contribution in [-0.2, 0) is 14.4 Å². The lowest BCUT2D eigenvalue weighted by molar-refractivity contribution is -0.150. The third-order valence-electron chi connectivity index (χ3n) is 3.44. The molecule has 0 spiro atoms. The van der Waals surface area contributed by atoms with Crippen molar-refractivity contribution in [2.45, 2.75) is 18.9 Å². The van der Waals surface area contributed by atoms with Crippen molar-refractivity contribution in [2.24, 2.45) is 5.73 Å². The summed E-state index contributed by atoms with van der Waals surface area (Å²) >= 11 is 0. The molecule has 0 bridgehead atoms. The summed E-state index contributed by atoms with van der Waals surface area (Å²) in [5.41, 5.74) is 6.48. The molecule has 2 unspecified atom stereocenters. The molecule has 2 atom stereocenters. The smallest absolute Gasteiger partial charge is 0.249 e. The Kier molecular flexibility index (Phi) is 4.14. The number of imide groups is 1. The number of rotatable bonds is 3. The summed E-state index contributed by atoms with van der Waals surface area (Å²) < 4.78 is 0. The number of nitrogens with one attached hydrogen (secondary N) is 1. The maximum absolute atomic E-state index is 12.5. The minimum absolute atomic E-state index is 0.116. The van der Waals surface area contributed by atoms with E-state index in [1.165, 1.54) is 4.90 Å². The summed E-state index contributed by atoms with van der Waals surface area (Å²) in [7, 11) is 0. The number of carbonyl (C=O) groups is 3. The zero-order valence-corrected chi connectivity index (χ0v) is 11.2. The van der Waals surface area contributed by atoms with Gasteiger partial charge in [0, 0.05) is 6.54 Å². The van der Waals surface area contributed by atoms with Gasteiger partial charge in [-0.3, -0.25) is 19.7 Å². The van der Waals surface area contributed by atoms with Gasteiger partial charge in [0.2, 0.25) is 17.7 Å². The van der Waals surface area contributed by atoms with Crippen LogP contribution in [0.3, 0.4) is 0 Å². The van der Waals surface area contributed by atoms with Crippen LogP contribution < -0.4 is 11.1 Å². The molecule has 6 nitrogen and oxygen atoms in total. The van der Waals surface area contributed by atoms with Crippen molar-refractivity contribution < 1.29 is 14.4 Å². The van der Waals surface area contributed by atoms with E-state index in [0.717, 1.165) is 5.56 Å². The fourth-order valence-corrected chi connectivity index (χ4v) is 2.25. The first-order valence-corrected chi connectivity index (χ1v) is 6.43. The first kappa shape index (κ1) is 14.2. The maximum Gasteiger partial charge on any atom is 0.249 e. The number of hydrogen-bond acceptors (Lipinski definition) is 4. The minimum Gasteiger partial charge on any atom is -0.329 e. The summed E-state index contributed by atoms with van der Waals surface area (Å²) in [5, 5.41) is 2.21. The van der Waals surface area contributed by atoms with Crippen molar-refractivity contribution in [1.82, 2.24) is 10.2 Å². The van der Waals surface area contributed by atoms with Crippen molar-refractivity contribution in [2.75, 3.05) is 13.1 Å². The number of piperazine rings is 1. The van der Waals surface area contributed by atoms with Gasteiger partial charge in [0.15, 0.2) is 0 Å². The van der Waals surface area contributed by atoms with E-state index >= 15 is 0 Å². The summed E-state index contributed by atoms with van der Waals surface area (Å²) in [6.07, 6.45) is 0. The molecule has 20 heavy (non-hydrogen) atoms. The molecule has 1 aromatic rings. The Labute approximate surface area is 116 Å². The van der Waals surface area contributed by atoms with Crippen molar-refractivity contribution >= 4 is 17.7 Å². The third kappa shape index (κ3) is 2.70. The molecule has 0 aromatic heterocycles. The molecule has 1 saturated heterocycles. The topological polar surface area (TPSA) is 92.5 Å². The van der Waals surface area contributed by atoms with Crippen LogP contribution in [-0.4, -0.2) is 41.8 Å². The zero-order chi connectivity index (χ0) is 14.7. The first-order valence-electron chi connectivity index (χ1n) is 6.43. The highest BCUT2D eigenvalue weighted by atomic mass is 16.2. The maximum atomic E-state index is 12.5. The molecule has 1 heterocycles. The molecule has 3 amide bonds. The number of nitrogens with two attached hydrogens (primary N) is 1. The Morgan fingerprint density at radius 3 is 2.65 bits per heavy atom. The van der Waals surface area contributed by atoms with Crippen molar-refractivity contribution in [3.63, 3.8) is 0 Å². The molecule has 1 aromatic carbocycles. The Balaban J connectivity index is 2.24. The van der Waals surface area contributed by atoms with Crippen molar-refractivity contribution in [3.05, 3.63) is 35.9 Å². The van der Waals surface area contributed by atoms with Crippen LogP contribution in [0, 0.1) is 0 Å². The Morgan fingerprint density at radius 1 is 1.40 bits per heavy atom. The average molecular weight is 275 g/mol. The van der Waals surface area contributed by atoms with Crippen LogP contribution >= 0.6 is 0 Å². The predicted molar refractivity (Wildman–Crippen MR) is 72.6 cm³/mol. The molecule has 0 radical (unpaired) electrons. The van der Waals surface area contributed by atoms with E-state index in [4.69, 9.17) is 5.73 Å². The molecule has 1 aliphatic heterocycles. The average Bonchev–Trinajstić information content (AvgIpc) is 2.44. The van der Waals surface area contributed by atoms with E-state index in [-0.39, 0.29) is 19.0 Å². The normalized spacial score (nSPS) is 20.5. The molecule has 106 valence electrons. The number of nitrogens with zero attached hydrogens (tertiary/aromatic N) is 1. The standard InChI is InChI=1S/C14H17N3O3/c1-9-13(19)16-12(18)8-17(9)14(20)11(7-15)10-5-3-2-4-6-10/h2-6,9,11H,7-8,15H2,1H3,(H,16,18,19). The summed E-state index contributed by atoms with van der Waals surface area (Å²) in [6, 6.07) is 8.45. The number of amides is 3. The molecule has 1 fully saturated rings. The fraction of sp³-hybridized carbons (Fsp3) is 0.357. The second kappa shape index (κ2) is 5.83. The molecular weight excluding hydrogens is 258 g/mol. The van der Waals surface area contributed by atoms with Gasteiger partial charge in [0.1, 0.15) is 12.6 Å². The quantitative estimate of drug-likeness (QED) is 0.734. The molecule has 0 saturated carbocycles. The Bertz CT molecular complexity index is 530. The molecule has 2 rings (SSSR count). The number of carbonyl (C=O) groups excluding carboxylic acids is 3. The highest BCUT2D eigenvalue weighted by molar-refractivity contribution is 6.04. The summed E-state index contributed by atoms with van der Waals surface area (Å²) in [6.45, 7) is 1.61. The van der Waals surface area contributed by atoms with Gasteiger partial charge in [-0.05, 0) is 12.5 Å². The lowest BCUT2D eigenvalue weighted by Crippen LogP contribution is -2.59. The van der Waals surface area contributed by atoms with Gasteiger partial charge in [-0.1, -0.05) is 30.3 Å². The highest BCUT2D eigenvalue weighted by Gasteiger charge is 2.36. The van der Waals surface area contributed by atoms with Gasteiger partial charge in [-0.15, -0.1) is 0 Å². The van der Waals surface area contributed by atoms with Gasteiger partial charge in [-0.2, -0.15) is 0 Å². The van der Waals surface area contributed by atoms with Crippen LogP contribution in [0.15, 0.2) is 30.3 Å². The van der Waals surface area contributed by atoms with Gasteiger partial charge in [0.25, 0.3) is 0 Å². The van der Waals surface area contributed by atoms with Crippen LogP contribution in [0.25, 0.3) is 0 Å². The van der Waals surface area contributed by atoms with Gasteiger partial charge in [-0.25, -0.2) is 0 Å². The Morgan fingerprint density at radius 2 is 2.05 bits per heavy atom. The molecule has 3 N–H and O–H groups in total. The second-order valence-electron chi connectivity index (χ2n) is 4.75. The van der Waals surface area contributed by atoms with E-state index in [1.54, 1.807) is 6.92 Å². The van der Waals surface area contributed by atoms with E-state index in [1.807, 2.05) is 30.3 Å². The Hall–Kier alpha value is -2.21. The molecule has 0 aliphatic carbocycles. The van der Waals surface area contributed by atoms with E-state index in [0.29, 0.717) is 0 Å². The van der Waals surface area contributed by atoms with Crippen LogP contribution in [0.5, 0.6) is 0 Å². The van der Waals surface area contributed by atoms with E-state index in [2.05, 4.69) is 5.32 Å². The fourth-order valence-electron chi connectivity index (χ4n) is 2.25.